The van der Waals surface area contributed by atoms with Gasteiger partial charge in [0.15, 0.2) is 5.78 Å². The summed E-state index contributed by atoms with van der Waals surface area (Å²) < 4.78 is 5.06. The third-order valence-corrected chi connectivity index (χ3v) is 2.65. The van der Waals surface area contributed by atoms with E-state index in [1.54, 1.807) is 43.5 Å². The van der Waals surface area contributed by atoms with Gasteiger partial charge in [-0.25, -0.2) is 0 Å². The molecular weight excluding hydrogens is 212 g/mol. The van der Waals surface area contributed by atoms with Crippen molar-refractivity contribution in [3.05, 3.63) is 55.1 Å². The van der Waals surface area contributed by atoms with Gasteiger partial charge in [-0.05, 0) is 37.1 Å². The van der Waals surface area contributed by atoms with Gasteiger partial charge in [0.05, 0.1) is 7.11 Å². The molecule has 0 fully saturated rings. The van der Waals surface area contributed by atoms with Crippen LogP contribution in [0.15, 0.2) is 49.6 Å². The quantitative estimate of drug-likeness (QED) is 0.528. The van der Waals surface area contributed by atoms with Gasteiger partial charge in [0.2, 0.25) is 0 Å². The van der Waals surface area contributed by atoms with E-state index in [2.05, 4.69) is 13.2 Å². The summed E-state index contributed by atoms with van der Waals surface area (Å²) in [6.07, 6.45) is 4.90. The summed E-state index contributed by atoms with van der Waals surface area (Å²) in [5.41, 5.74) is 0.708. The lowest BCUT2D eigenvalue weighted by Gasteiger charge is -2.11. The van der Waals surface area contributed by atoms with Gasteiger partial charge in [0, 0.05) is 11.5 Å². The molecule has 0 aliphatic rings. The molecule has 2 heteroatoms. The molecule has 0 saturated carbocycles. The standard InChI is InChI=1S/C15H18O2/c1-4-6-12(7-5-2)15(16)13-8-10-14(17-3)11-9-13/h4-5,8-12H,1-2,6-7H2,3H3. The van der Waals surface area contributed by atoms with Crippen LogP contribution in [0.3, 0.4) is 0 Å². The van der Waals surface area contributed by atoms with Crippen LogP contribution in [0.5, 0.6) is 5.75 Å². The number of hydrogen-bond acceptors (Lipinski definition) is 2. The molecule has 0 atom stereocenters. The van der Waals surface area contributed by atoms with Crippen molar-refractivity contribution < 1.29 is 9.53 Å². The van der Waals surface area contributed by atoms with Crippen molar-refractivity contribution >= 4 is 5.78 Å². The highest BCUT2D eigenvalue weighted by atomic mass is 16.5. The summed E-state index contributed by atoms with van der Waals surface area (Å²) in [4.78, 5) is 12.2. The monoisotopic (exact) mass is 230 g/mol. The van der Waals surface area contributed by atoms with Crippen molar-refractivity contribution in [1.29, 1.82) is 0 Å². The Balaban J connectivity index is 2.84. The molecule has 0 aliphatic carbocycles. The van der Waals surface area contributed by atoms with E-state index < -0.39 is 0 Å². The fourth-order valence-electron chi connectivity index (χ4n) is 1.70. The molecule has 0 heterocycles. The Kier molecular flexibility index (Phi) is 5.21. The summed E-state index contributed by atoms with van der Waals surface area (Å²) in [7, 11) is 1.61. The number of benzene rings is 1. The second-order valence-electron chi connectivity index (χ2n) is 3.84. The molecule has 0 bridgehead atoms. The van der Waals surface area contributed by atoms with Crippen molar-refractivity contribution in [3.63, 3.8) is 0 Å². The highest BCUT2D eigenvalue weighted by molar-refractivity contribution is 5.98. The molecule has 90 valence electrons. The molecule has 0 N–H and O–H groups in total. The third-order valence-electron chi connectivity index (χ3n) is 2.65. The first-order valence-electron chi connectivity index (χ1n) is 5.63. The number of Topliss-reactive ketones (excluding diaryl/α,β-unsaturated/α-hetero) is 1. The normalized spacial score (nSPS) is 10.0. The summed E-state index contributed by atoms with van der Waals surface area (Å²) in [6.45, 7) is 7.36. The summed E-state index contributed by atoms with van der Waals surface area (Å²) in [5, 5.41) is 0. The molecule has 0 amide bonds. The zero-order chi connectivity index (χ0) is 12.7. The lowest BCUT2D eigenvalue weighted by Crippen LogP contribution is -2.13. The highest BCUT2D eigenvalue weighted by Crippen LogP contribution is 2.19. The number of ketones is 1. The van der Waals surface area contributed by atoms with Gasteiger partial charge in [-0.3, -0.25) is 4.79 Å². The molecule has 0 aliphatic heterocycles. The number of methoxy groups -OCH3 is 1. The summed E-state index contributed by atoms with van der Waals surface area (Å²) in [5.74, 6) is 0.830. The first-order chi connectivity index (χ1) is 8.22. The van der Waals surface area contributed by atoms with Gasteiger partial charge in [-0.2, -0.15) is 0 Å². The third kappa shape index (κ3) is 3.59. The van der Waals surface area contributed by atoms with Crippen molar-refractivity contribution in [3.8, 4) is 5.75 Å². The van der Waals surface area contributed by atoms with E-state index in [4.69, 9.17) is 4.74 Å². The van der Waals surface area contributed by atoms with Crippen LogP contribution >= 0.6 is 0 Å². The molecule has 0 saturated heterocycles. The van der Waals surface area contributed by atoms with Gasteiger partial charge in [-0.15, -0.1) is 13.2 Å². The lowest BCUT2D eigenvalue weighted by atomic mass is 9.92. The fraction of sp³-hybridized carbons (Fsp3) is 0.267. The number of rotatable bonds is 7. The highest BCUT2D eigenvalue weighted by Gasteiger charge is 2.17. The number of ether oxygens (including phenoxy) is 1. The van der Waals surface area contributed by atoms with E-state index in [1.165, 1.54) is 0 Å². The van der Waals surface area contributed by atoms with Crippen LogP contribution in [0.4, 0.5) is 0 Å². The first kappa shape index (κ1) is 13.2. The maximum atomic E-state index is 12.2. The van der Waals surface area contributed by atoms with Crippen LogP contribution in [0, 0.1) is 5.92 Å². The minimum atomic E-state index is -0.0570. The van der Waals surface area contributed by atoms with Gasteiger partial charge < -0.3 is 4.74 Å². The SMILES string of the molecule is C=CCC(CC=C)C(=O)c1ccc(OC)cc1. The average molecular weight is 230 g/mol. The Morgan fingerprint density at radius 1 is 1.24 bits per heavy atom. The van der Waals surface area contributed by atoms with E-state index in [-0.39, 0.29) is 11.7 Å². The minimum absolute atomic E-state index is 0.0570. The molecule has 2 nitrogen and oxygen atoms in total. The second kappa shape index (κ2) is 6.69. The molecule has 0 aromatic heterocycles. The van der Waals surface area contributed by atoms with E-state index in [0.717, 1.165) is 5.75 Å². The van der Waals surface area contributed by atoms with Crippen LogP contribution in [0.25, 0.3) is 0 Å². The van der Waals surface area contributed by atoms with Gasteiger partial charge in [-0.1, -0.05) is 12.2 Å². The summed E-state index contributed by atoms with van der Waals surface area (Å²) >= 11 is 0. The molecular formula is C15H18O2. The van der Waals surface area contributed by atoms with Gasteiger partial charge in [0.25, 0.3) is 0 Å². The zero-order valence-corrected chi connectivity index (χ0v) is 10.2. The molecule has 17 heavy (non-hydrogen) atoms. The van der Waals surface area contributed by atoms with Crippen molar-refractivity contribution in [2.75, 3.05) is 7.11 Å². The predicted molar refractivity (Wildman–Crippen MR) is 70.4 cm³/mol. The Labute approximate surface area is 103 Å². The van der Waals surface area contributed by atoms with Gasteiger partial charge >= 0.3 is 0 Å². The molecule has 0 unspecified atom stereocenters. The predicted octanol–water partition coefficient (Wildman–Crippen LogP) is 3.65. The van der Waals surface area contributed by atoms with Crippen LogP contribution in [-0.4, -0.2) is 12.9 Å². The number of carbonyl (C=O) groups excluding carboxylic acids is 1. The maximum Gasteiger partial charge on any atom is 0.166 e. The molecule has 1 aromatic carbocycles. The first-order valence-corrected chi connectivity index (χ1v) is 5.63. The zero-order valence-electron chi connectivity index (χ0n) is 10.2. The molecule has 0 spiro atoms. The Bertz CT molecular complexity index is 380. The molecule has 0 radical (unpaired) electrons. The number of hydrogen-bond donors (Lipinski definition) is 0. The topological polar surface area (TPSA) is 26.3 Å². The maximum absolute atomic E-state index is 12.2. The van der Waals surface area contributed by atoms with E-state index in [1.807, 2.05) is 0 Å². The van der Waals surface area contributed by atoms with Crippen molar-refractivity contribution in [2.24, 2.45) is 5.92 Å². The minimum Gasteiger partial charge on any atom is -0.497 e. The largest absolute Gasteiger partial charge is 0.497 e. The van der Waals surface area contributed by atoms with Crippen LogP contribution in [0.1, 0.15) is 23.2 Å². The van der Waals surface area contributed by atoms with Crippen LogP contribution in [0.2, 0.25) is 0 Å². The van der Waals surface area contributed by atoms with Crippen molar-refractivity contribution in [2.45, 2.75) is 12.8 Å². The molecule has 1 rings (SSSR count). The molecule has 1 aromatic rings. The van der Waals surface area contributed by atoms with Crippen molar-refractivity contribution in [1.82, 2.24) is 0 Å². The van der Waals surface area contributed by atoms with E-state index >= 15 is 0 Å². The van der Waals surface area contributed by atoms with E-state index in [9.17, 15) is 4.79 Å². The average Bonchev–Trinajstić information content (AvgIpc) is 2.38. The van der Waals surface area contributed by atoms with Gasteiger partial charge in [0.1, 0.15) is 5.75 Å². The smallest absolute Gasteiger partial charge is 0.166 e. The Morgan fingerprint density at radius 3 is 2.18 bits per heavy atom. The number of allylic oxidation sites excluding steroid dienone is 2. The van der Waals surface area contributed by atoms with Crippen LogP contribution in [-0.2, 0) is 0 Å². The van der Waals surface area contributed by atoms with Crippen LogP contribution < -0.4 is 4.74 Å². The second-order valence-corrected chi connectivity index (χ2v) is 3.84. The Morgan fingerprint density at radius 2 is 1.76 bits per heavy atom. The lowest BCUT2D eigenvalue weighted by molar-refractivity contribution is 0.0922. The summed E-state index contributed by atoms with van der Waals surface area (Å²) in [6, 6.07) is 7.18. The Hall–Kier alpha value is -1.83. The van der Waals surface area contributed by atoms with E-state index in [0.29, 0.717) is 18.4 Å². The fourth-order valence-corrected chi connectivity index (χ4v) is 1.70. The number of carbonyl (C=O) groups is 1.